The van der Waals surface area contributed by atoms with E-state index in [1.807, 2.05) is 11.5 Å². The normalized spacial score (nSPS) is 11.8. The summed E-state index contributed by atoms with van der Waals surface area (Å²) in [7, 11) is 0. The number of halogens is 4. The molecule has 1 aromatic heterocycles. The molecule has 1 atom stereocenters. The van der Waals surface area contributed by atoms with Crippen LogP contribution in [0, 0.1) is 0 Å². The number of nitrogens with one attached hydrogen (secondary N) is 2. The highest BCUT2D eigenvalue weighted by atomic mass is 35.5. The number of carbonyl (C=O) groups is 2. The number of thioether (sulfide) groups is 1. The van der Waals surface area contributed by atoms with E-state index in [1.165, 1.54) is 17.8 Å². The van der Waals surface area contributed by atoms with E-state index >= 15 is 0 Å². The second-order valence-electron chi connectivity index (χ2n) is 6.90. The van der Waals surface area contributed by atoms with E-state index < -0.39 is 6.04 Å². The molecular formula is C21H19Cl4N5O2S. The molecule has 3 rings (SSSR count). The molecule has 0 aliphatic heterocycles. The zero-order chi connectivity index (χ0) is 24.1. The molecule has 0 radical (unpaired) electrons. The van der Waals surface area contributed by atoms with Gasteiger partial charge in [0.1, 0.15) is 0 Å². The van der Waals surface area contributed by atoms with Crippen molar-refractivity contribution >= 4 is 75.7 Å². The lowest BCUT2D eigenvalue weighted by Crippen LogP contribution is -2.29. The average Bonchev–Trinajstić information content (AvgIpc) is 3.14. The highest BCUT2D eigenvalue weighted by Gasteiger charge is 2.21. The summed E-state index contributed by atoms with van der Waals surface area (Å²) in [6.07, 6.45) is 0. The Morgan fingerprint density at radius 1 is 1.03 bits per heavy atom. The Labute approximate surface area is 215 Å². The van der Waals surface area contributed by atoms with Crippen LogP contribution >= 0.6 is 58.2 Å². The lowest BCUT2D eigenvalue weighted by atomic mass is 10.2. The van der Waals surface area contributed by atoms with Crippen LogP contribution in [0.4, 0.5) is 5.69 Å². The van der Waals surface area contributed by atoms with Crippen LogP contribution in [0.3, 0.4) is 0 Å². The van der Waals surface area contributed by atoms with Gasteiger partial charge in [0.15, 0.2) is 11.0 Å². The van der Waals surface area contributed by atoms with Crippen LogP contribution in [0.2, 0.25) is 20.1 Å². The molecule has 0 unspecified atom stereocenters. The van der Waals surface area contributed by atoms with E-state index in [9.17, 15) is 9.59 Å². The topological polar surface area (TPSA) is 88.9 Å². The van der Waals surface area contributed by atoms with Crippen molar-refractivity contribution in [3.63, 3.8) is 0 Å². The van der Waals surface area contributed by atoms with Gasteiger partial charge in [-0.25, -0.2) is 0 Å². The Bertz CT molecular complexity index is 1170. The predicted octanol–water partition coefficient (Wildman–Crippen LogP) is 6.13. The monoisotopic (exact) mass is 545 g/mol. The minimum Gasteiger partial charge on any atom is -0.342 e. The largest absolute Gasteiger partial charge is 0.342 e. The third-order valence-corrected chi connectivity index (χ3v) is 6.40. The maximum Gasteiger partial charge on any atom is 0.253 e. The maximum absolute atomic E-state index is 12.6. The van der Waals surface area contributed by atoms with Crippen LogP contribution in [0.15, 0.2) is 41.6 Å². The van der Waals surface area contributed by atoms with Gasteiger partial charge in [-0.1, -0.05) is 58.2 Å². The SMILES string of the molecule is CCn1c(SCC(=O)Nc2cc(Cl)cc(Cl)c2)nnc1[C@@H](C)NC(=O)c1ccc(Cl)cc1Cl. The predicted molar refractivity (Wildman–Crippen MR) is 134 cm³/mol. The molecule has 0 aliphatic rings. The molecule has 0 fully saturated rings. The van der Waals surface area contributed by atoms with E-state index in [0.29, 0.717) is 43.8 Å². The Hall–Kier alpha value is -1.97. The molecule has 33 heavy (non-hydrogen) atoms. The lowest BCUT2D eigenvalue weighted by Gasteiger charge is -2.15. The quantitative estimate of drug-likeness (QED) is 0.331. The molecule has 0 aliphatic carbocycles. The summed E-state index contributed by atoms with van der Waals surface area (Å²) in [5.41, 5.74) is 0.816. The summed E-state index contributed by atoms with van der Waals surface area (Å²) in [4.78, 5) is 25.0. The first-order valence-electron chi connectivity index (χ1n) is 9.75. The van der Waals surface area contributed by atoms with Gasteiger partial charge in [0.05, 0.1) is 22.4 Å². The highest BCUT2D eigenvalue weighted by Crippen LogP contribution is 2.25. The first kappa shape index (κ1) is 25.6. The summed E-state index contributed by atoms with van der Waals surface area (Å²) < 4.78 is 1.84. The van der Waals surface area contributed by atoms with Gasteiger partial charge < -0.3 is 15.2 Å². The van der Waals surface area contributed by atoms with E-state index in [-0.39, 0.29) is 22.6 Å². The van der Waals surface area contributed by atoms with Gasteiger partial charge in [0, 0.05) is 27.3 Å². The van der Waals surface area contributed by atoms with Crippen molar-refractivity contribution in [1.29, 1.82) is 0 Å². The van der Waals surface area contributed by atoms with E-state index in [4.69, 9.17) is 46.4 Å². The van der Waals surface area contributed by atoms with Crippen LogP contribution in [0.25, 0.3) is 0 Å². The third kappa shape index (κ3) is 6.77. The van der Waals surface area contributed by atoms with Crippen molar-refractivity contribution < 1.29 is 9.59 Å². The first-order chi connectivity index (χ1) is 15.7. The van der Waals surface area contributed by atoms with Gasteiger partial charge in [-0.3, -0.25) is 9.59 Å². The zero-order valence-electron chi connectivity index (χ0n) is 17.5. The first-order valence-corrected chi connectivity index (χ1v) is 12.3. The maximum atomic E-state index is 12.6. The summed E-state index contributed by atoms with van der Waals surface area (Å²) in [6.45, 7) is 4.27. The van der Waals surface area contributed by atoms with Gasteiger partial charge in [-0.15, -0.1) is 10.2 Å². The Morgan fingerprint density at radius 2 is 1.73 bits per heavy atom. The van der Waals surface area contributed by atoms with Crippen molar-refractivity contribution in [2.75, 3.05) is 11.1 Å². The second kappa shape index (κ2) is 11.4. The summed E-state index contributed by atoms with van der Waals surface area (Å²) in [5.74, 6) is 0.0527. The number of benzene rings is 2. The number of rotatable bonds is 8. The van der Waals surface area contributed by atoms with Crippen LogP contribution in [-0.4, -0.2) is 32.3 Å². The number of anilines is 1. The van der Waals surface area contributed by atoms with Gasteiger partial charge in [-0.2, -0.15) is 0 Å². The van der Waals surface area contributed by atoms with Gasteiger partial charge in [-0.05, 0) is 50.2 Å². The van der Waals surface area contributed by atoms with Crippen LogP contribution in [-0.2, 0) is 11.3 Å². The van der Waals surface area contributed by atoms with E-state index in [2.05, 4.69) is 20.8 Å². The number of hydrogen-bond donors (Lipinski definition) is 2. The molecule has 12 heteroatoms. The fourth-order valence-electron chi connectivity index (χ4n) is 2.99. The van der Waals surface area contributed by atoms with Gasteiger partial charge in [0.25, 0.3) is 5.91 Å². The molecular weight excluding hydrogens is 528 g/mol. The van der Waals surface area contributed by atoms with Crippen molar-refractivity contribution in [2.24, 2.45) is 0 Å². The molecule has 1 heterocycles. The van der Waals surface area contributed by atoms with Crippen LogP contribution < -0.4 is 10.6 Å². The molecule has 2 aromatic carbocycles. The third-order valence-electron chi connectivity index (χ3n) is 4.45. The van der Waals surface area contributed by atoms with Gasteiger partial charge in [0.2, 0.25) is 5.91 Å². The van der Waals surface area contributed by atoms with Gasteiger partial charge >= 0.3 is 0 Å². The standard InChI is InChI=1S/C21H19Cl4N5O2S/c1-3-30-19(11(2)26-20(32)16-5-4-12(22)9-17(16)25)28-29-21(30)33-10-18(31)27-15-7-13(23)6-14(24)8-15/h4-9,11H,3,10H2,1-2H3,(H,26,32)(H,27,31)/t11-/m1/s1. The number of hydrogen-bond acceptors (Lipinski definition) is 5. The minimum atomic E-state index is -0.450. The molecule has 2 N–H and O–H groups in total. The van der Waals surface area contributed by atoms with E-state index in [1.54, 1.807) is 37.3 Å². The van der Waals surface area contributed by atoms with Crippen molar-refractivity contribution in [3.8, 4) is 0 Å². The smallest absolute Gasteiger partial charge is 0.253 e. The van der Waals surface area contributed by atoms with Crippen molar-refractivity contribution in [2.45, 2.75) is 31.6 Å². The summed E-state index contributed by atoms with van der Waals surface area (Å²) in [5, 5.41) is 16.1. The fraction of sp³-hybridized carbons (Fsp3) is 0.238. The molecule has 174 valence electrons. The summed E-state index contributed by atoms with van der Waals surface area (Å²) in [6, 6.07) is 9.02. The Balaban J connectivity index is 1.65. The molecule has 0 saturated carbocycles. The number of amides is 2. The molecule has 0 saturated heterocycles. The number of carbonyl (C=O) groups excluding carboxylic acids is 2. The molecule has 7 nitrogen and oxygen atoms in total. The fourth-order valence-corrected chi connectivity index (χ4v) is 4.82. The molecule has 2 amide bonds. The molecule has 0 spiro atoms. The second-order valence-corrected chi connectivity index (χ2v) is 9.56. The highest BCUT2D eigenvalue weighted by molar-refractivity contribution is 7.99. The number of aromatic nitrogens is 3. The minimum absolute atomic E-state index is 0.101. The summed E-state index contributed by atoms with van der Waals surface area (Å²) >= 11 is 25.2. The van der Waals surface area contributed by atoms with E-state index in [0.717, 1.165) is 0 Å². The Morgan fingerprint density at radius 3 is 2.36 bits per heavy atom. The van der Waals surface area contributed by atoms with Crippen LogP contribution in [0.5, 0.6) is 0 Å². The lowest BCUT2D eigenvalue weighted by molar-refractivity contribution is -0.113. The van der Waals surface area contributed by atoms with Crippen molar-refractivity contribution in [3.05, 3.63) is 67.9 Å². The number of nitrogens with zero attached hydrogens (tertiary/aromatic N) is 3. The van der Waals surface area contributed by atoms with Crippen LogP contribution in [0.1, 0.15) is 36.1 Å². The Kier molecular flexibility index (Phi) is 8.89. The average molecular weight is 547 g/mol. The molecule has 3 aromatic rings. The van der Waals surface area contributed by atoms with Crippen molar-refractivity contribution in [1.82, 2.24) is 20.1 Å². The zero-order valence-corrected chi connectivity index (χ0v) is 21.4. The molecule has 0 bridgehead atoms.